The van der Waals surface area contributed by atoms with Gasteiger partial charge in [-0.05, 0) is 105 Å². The summed E-state index contributed by atoms with van der Waals surface area (Å²) in [6, 6.07) is 5.24. The zero-order valence-electron chi connectivity index (χ0n) is 43.5. The number of aliphatic hydroxyl groups is 5. The maximum absolute atomic E-state index is 14.5. The lowest BCUT2D eigenvalue weighted by Crippen LogP contribution is -2.61. The van der Waals surface area contributed by atoms with Crippen LogP contribution in [0.1, 0.15) is 106 Å². The Balaban J connectivity index is 1.41. The number of ether oxygens (including phenoxy) is 6. The fourth-order valence-electron chi connectivity index (χ4n) is 10.7. The molecule has 0 radical (unpaired) electrons. The van der Waals surface area contributed by atoms with E-state index >= 15 is 0 Å². The molecule has 4 heterocycles. The lowest BCUT2D eigenvalue weighted by molar-refractivity contribution is -0.384. The molecule has 20 heteroatoms. The van der Waals surface area contributed by atoms with Crippen molar-refractivity contribution in [2.24, 2.45) is 17.8 Å². The summed E-state index contributed by atoms with van der Waals surface area (Å²) in [6.45, 7) is 18.8. The van der Waals surface area contributed by atoms with E-state index in [2.05, 4.69) is 10.3 Å². The molecule has 3 saturated heterocycles. The van der Waals surface area contributed by atoms with E-state index in [4.69, 9.17) is 28.4 Å². The number of aromatic nitrogens is 3. The van der Waals surface area contributed by atoms with Crippen molar-refractivity contribution in [1.82, 2.24) is 24.8 Å². The van der Waals surface area contributed by atoms with Gasteiger partial charge in [-0.25, -0.2) is 4.68 Å². The van der Waals surface area contributed by atoms with Crippen molar-refractivity contribution in [3.63, 3.8) is 0 Å². The van der Waals surface area contributed by atoms with Crippen LogP contribution in [0.4, 0.5) is 5.69 Å². The highest BCUT2D eigenvalue weighted by molar-refractivity contribution is 5.73. The smallest absolute Gasteiger partial charge is 0.311 e. The number of hydrogen-bond donors (Lipinski definition) is 5. The highest BCUT2D eigenvalue weighted by Gasteiger charge is 2.53. The molecule has 70 heavy (non-hydrogen) atoms. The van der Waals surface area contributed by atoms with E-state index in [1.165, 1.54) is 26.2 Å². The fraction of sp³-hybridized carbons (Fsp3) is 0.780. The number of carbonyl (C=O) groups is 1. The molecule has 396 valence electrons. The molecule has 0 saturated carbocycles. The van der Waals surface area contributed by atoms with Crippen molar-refractivity contribution in [3.05, 3.63) is 57.9 Å². The lowest BCUT2D eigenvalue weighted by Gasteiger charge is -2.49. The van der Waals surface area contributed by atoms with E-state index < -0.39 is 107 Å². The molecule has 3 aliphatic rings. The Morgan fingerprint density at radius 1 is 1.00 bits per heavy atom. The van der Waals surface area contributed by atoms with Crippen LogP contribution < -0.4 is 0 Å². The molecule has 0 bridgehead atoms. The van der Waals surface area contributed by atoms with Crippen LogP contribution in [0.15, 0.2) is 36.5 Å². The van der Waals surface area contributed by atoms with E-state index in [1.807, 2.05) is 56.1 Å². The summed E-state index contributed by atoms with van der Waals surface area (Å²) in [4.78, 5) is 29.0. The summed E-state index contributed by atoms with van der Waals surface area (Å²) in [6.07, 6.45) is -3.09. The number of allylic oxidation sites excluding steroid dienone is 1. The van der Waals surface area contributed by atoms with Crippen molar-refractivity contribution in [3.8, 4) is 0 Å². The van der Waals surface area contributed by atoms with Crippen LogP contribution in [0.25, 0.3) is 6.08 Å². The number of esters is 1. The standard InChI is InChI=1S/C50H82N6O14/c1-14-39-50(10,62)43(58)33(6)54(12)27-29(2)25-48(8,61)45(31(4)42(32(5)46(60)68-39)69-40-26-49(9,65-13)44(59)34(7)67-40)70-47-41(57)38(24-30(3)66-47)53(11)23-21-36-28-55(52-51-36)22-15-16-35-17-19-37(20-18-35)56(63)64/h15-20,28-34,38-45,47,57-59,61-62H,14,21-27H2,1-13H3/t29-,30-,31+,32-,33-,34+,38+,39-,40+,41-,42+,43-,44+,45-,47+,48-,49-,50-/m1/s1. The van der Waals surface area contributed by atoms with Crippen LogP contribution in [0.2, 0.25) is 0 Å². The van der Waals surface area contributed by atoms with Crippen LogP contribution in [0.5, 0.6) is 0 Å². The number of rotatable bonds is 14. The Morgan fingerprint density at radius 2 is 1.67 bits per heavy atom. The van der Waals surface area contributed by atoms with Crippen molar-refractivity contribution >= 4 is 17.7 Å². The Kier molecular flexibility index (Phi) is 19.7. The predicted molar refractivity (Wildman–Crippen MR) is 259 cm³/mol. The molecule has 0 amide bonds. The number of aliphatic hydroxyl groups excluding tert-OH is 3. The van der Waals surface area contributed by atoms with Gasteiger partial charge in [0, 0.05) is 69.4 Å². The molecule has 18 atom stereocenters. The van der Waals surface area contributed by atoms with E-state index in [0.29, 0.717) is 32.5 Å². The van der Waals surface area contributed by atoms with Gasteiger partial charge in [-0.1, -0.05) is 38.1 Å². The van der Waals surface area contributed by atoms with Gasteiger partial charge in [0.15, 0.2) is 12.6 Å². The van der Waals surface area contributed by atoms with Gasteiger partial charge in [0.25, 0.3) is 5.69 Å². The Labute approximate surface area is 413 Å². The first kappa shape index (κ1) is 57.4. The molecular formula is C50H82N6O14. The molecule has 2 aromatic rings. The van der Waals surface area contributed by atoms with Gasteiger partial charge in [0.05, 0.1) is 58.7 Å². The number of cyclic esters (lactones) is 1. The molecule has 0 aliphatic carbocycles. The Bertz CT molecular complexity index is 2020. The Hall–Kier alpha value is -3.51. The average Bonchev–Trinajstić information content (AvgIpc) is 3.76. The highest BCUT2D eigenvalue weighted by atomic mass is 16.7. The molecule has 1 aromatic heterocycles. The Morgan fingerprint density at radius 3 is 2.30 bits per heavy atom. The zero-order valence-corrected chi connectivity index (χ0v) is 43.5. The first-order valence-electron chi connectivity index (χ1n) is 24.8. The van der Waals surface area contributed by atoms with Gasteiger partial charge in [-0.3, -0.25) is 14.9 Å². The monoisotopic (exact) mass is 991 g/mol. The molecule has 0 spiro atoms. The topological polar surface area (TPSA) is 254 Å². The SMILES string of the molecule is CC[C@H]1OC(=O)[C@H](C)[C@@H](O[C@H]2C[C@@](C)(OC)[C@@H](O)[C@H](C)O2)[C@H](C)[C@@H](O[C@@H]2O[C@H](C)C[C@H](N(C)CCc3cn(CC=Cc4ccc([N+](=O)[O-])cc4)nn3)[C@H]2O)[C@](C)(O)C[C@@H](C)CN(C)[C@H](C)[C@@H](O)[C@]1(C)O. The number of benzene rings is 1. The fourth-order valence-corrected chi connectivity index (χ4v) is 10.7. The van der Waals surface area contributed by atoms with Crippen LogP contribution in [0.3, 0.4) is 0 Å². The van der Waals surface area contributed by atoms with Crippen LogP contribution in [0, 0.1) is 27.9 Å². The third-order valence-corrected chi connectivity index (χ3v) is 15.1. The van der Waals surface area contributed by atoms with E-state index in [-0.39, 0.29) is 37.0 Å². The number of nitro groups is 1. The van der Waals surface area contributed by atoms with Crippen LogP contribution in [-0.2, 0) is 46.2 Å². The van der Waals surface area contributed by atoms with Gasteiger partial charge in [0.1, 0.15) is 30.0 Å². The van der Waals surface area contributed by atoms with Crippen molar-refractivity contribution in [1.29, 1.82) is 0 Å². The van der Waals surface area contributed by atoms with E-state index in [1.54, 1.807) is 65.3 Å². The number of methoxy groups -OCH3 is 1. The summed E-state index contributed by atoms with van der Waals surface area (Å²) < 4.78 is 39.9. The highest BCUT2D eigenvalue weighted by Crippen LogP contribution is 2.40. The number of nitrogens with zero attached hydrogens (tertiary/aromatic N) is 6. The minimum absolute atomic E-state index is 0.0239. The average molecular weight is 991 g/mol. The summed E-state index contributed by atoms with van der Waals surface area (Å²) in [5.41, 5.74) is -2.97. The van der Waals surface area contributed by atoms with E-state index in [9.17, 15) is 40.4 Å². The third-order valence-electron chi connectivity index (χ3n) is 15.1. The molecule has 5 rings (SSSR count). The minimum atomic E-state index is -1.84. The number of likely N-dealkylation sites (N-methyl/N-ethyl adjacent to an activating group) is 2. The quantitative estimate of drug-likeness (QED) is 0.103. The summed E-state index contributed by atoms with van der Waals surface area (Å²) in [5.74, 6) is -2.82. The van der Waals surface area contributed by atoms with Gasteiger partial charge in [-0.2, -0.15) is 0 Å². The molecule has 1 aromatic carbocycles. The number of hydrogen-bond acceptors (Lipinski definition) is 18. The minimum Gasteiger partial charge on any atom is -0.459 e. The molecule has 5 N–H and O–H groups in total. The van der Waals surface area contributed by atoms with Crippen LogP contribution in [-0.4, -0.2) is 186 Å². The molecule has 20 nitrogen and oxygen atoms in total. The van der Waals surface area contributed by atoms with Crippen molar-refractivity contribution in [2.45, 2.75) is 198 Å². The van der Waals surface area contributed by atoms with Gasteiger partial charge in [0.2, 0.25) is 0 Å². The van der Waals surface area contributed by atoms with Gasteiger partial charge in [-0.15, -0.1) is 5.10 Å². The first-order valence-corrected chi connectivity index (χ1v) is 24.8. The first-order chi connectivity index (χ1) is 32.7. The second kappa shape index (κ2) is 24.0. The summed E-state index contributed by atoms with van der Waals surface area (Å²) in [5, 5.41) is 79.2. The van der Waals surface area contributed by atoms with Crippen molar-refractivity contribution in [2.75, 3.05) is 34.3 Å². The summed E-state index contributed by atoms with van der Waals surface area (Å²) in [7, 11) is 5.24. The van der Waals surface area contributed by atoms with E-state index in [0.717, 1.165) is 11.3 Å². The molecular weight excluding hydrogens is 909 g/mol. The van der Waals surface area contributed by atoms with Crippen molar-refractivity contribution < 1.29 is 63.7 Å². The summed E-state index contributed by atoms with van der Waals surface area (Å²) >= 11 is 0. The third kappa shape index (κ3) is 13.8. The lowest BCUT2D eigenvalue weighted by atomic mass is 9.77. The molecule has 3 fully saturated rings. The van der Waals surface area contributed by atoms with Gasteiger partial charge < -0.3 is 63.8 Å². The normalized spacial score (nSPS) is 39.9. The maximum Gasteiger partial charge on any atom is 0.311 e. The molecule has 0 unspecified atom stereocenters. The second-order valence-electron chi connectivity index (χ2n) is 21.1. The number of nitro benzene ring substituents is 1. The number of carbonyl (C=O) groups excluding carboxylic acids is 1. The van der Waals surface area contributed by atoms with Gasteiger partial charge >= 0.3 is 5.97 Å². The molecule has 3 aliphatic heterocycles. The maximum atomic E-state index is 14.5. The second-order valence-corrected chi connectivity index (χ2v) is 21.1. The predicted octanol–water partition coefficient (Wildman–Crippen LogP) is 3.73. The zero-order chi connectivity index (χ0) is 52.0. The largest absolute Gasteiger partial charge is 0.459 e. The number of non-ortho nitro benzene ring substituents is 1. The van der Waals surface area contributed by atoms with Crippen LogP contribution >= 0.6 is 0 Å².